The number of likely N-dealkylation sites (tertiary alicyclic amines) is 1. The van der Waals surface area contributed by atoms with Crippen LogP contribution in [-0.2, 0) is 4.79 Å². The van der Waals surface area contributed by atoms with E-state index in [9.17, 15) is 14.0 Å². The zero-order valence-corrected chi connectivity index (χ0v) is 13.5. The van der Waals surface area contributed by atoms with Crippen LogP contribution in [0.3, 0.4) is 0 Å². The topological polar surface area (TPSA) is 49.4 Å². The fourth-order valence-electron chi connectivity index (χ4n) is 3.67. The van der Waals surface area contributed by atoms with E-state index < -0.39 is 11.7 Å². The Morgan fingerprint density at radius 2 is 2.09 bits per heavy atom. The van der Waals surface area contributed by atoms with Crippen LogP contribution in [0, 0.1) is 18.7 Å². The van der Waals surface area contributed by atoms with Gasteiger partial charge in [-0.15, -0.1) is 0 Å². The maximum Gasteiger partial charge on any atom is 0.254 e. The zero-order valence-electron chi connectivity index (χ0n) is 13.5. The Labute approximate surface area is 136 Å². The van der Waals surface area contributed by atoms with Gasteiger partial charge in [-0.05, 0) is 31.4 Å². The van der Waals surface area contributed by atoms with Gasteiger partial charge in [-0.25, -0.2) is 4.39 Å². The van der Waals surface area contributed by atoms with Gasteiger partial charge in [0.05, 0.1) is 5.56 Å². The lowest BCUT2D eigenvalue weighted by Gasteiger charge is -2.24. The molecule has 0 bridgehead atoms. The highest BCUT2D eigenvalue weighted by atomic mass is 19.1. The molecule has 2 amide bonds. The summed E-state index contributed by atoms with van der Waals surface area (Å²) < 4.78 is 14.0. The van der Waals surface area contributed by atoms with Crippen molar-refractivity contribution in [1.82, 2.24) is 10.2 Å². The molecule has 1 heterocycles. The Kier molecular flexibility index (Phi) is 4.64. The second-order valence-corrected chi connectivity index (χ2v) is 6.70. The Morgan fingerprint density at radius 1 is 1.35 bits per heavy atom. The number of benzene rings is 1. The van der Waals surface area contributed by atoms with Gasteiger partial charge in [-0.3, -0.25) is 9.59 Å². The molecule has 3 rings (SSSR count). The van der Waals surface area contributed by atoms with E-state index in [1.165, 1.54) is 18.9 Å². The van der Waals surface area contributed by atoms with E-state index in [1.807, 2.05) is 4.90 Å². The molecule has 1 unspecified atom stereocenters. The van der Waals surface area contributed by atoms with E-state index in [0.29, 0.717) is 31.1 Å². The van der Waals surface area contributed by atoms with Gasteiger partial charge in [0.1, 0.15) is 5.82 Å². The molecule has 1 aromatic carbocycles. The summed E-state index contributed by atoms with van der Waals surface area (Å²) in [6.45, 7) is 2.77. The van der Waals surface area contributed by atoms with E-state index in [4.69, 9.17) is 0 Å². The Balaban J connectivity index is 1.55. The van der Waals surface area contributed by atoms with Gasteiger partial charge >= 0.3 is 0 Å². The number of nitrogens with one attached hydrogen (secondary N) is 1. The van der Waals surface area contributed by atoms with E-state index in [2.05, 4.69) is 5.32 Å². The van der Waals surface area contributed by atoms with Crippen molar-refractivity contribution >= 4 is 11.8 Å². The highest BCUT2D eigenvalue weighted by molar-refractivity contribution is 5.94. The van der Waals surface area contributed by atoms with Crippen molar-refractivity contribution in [1.29, 1.82) is 0 Å². The highest BCUT2D eigenvalue weighted by Gasteiger charge is 2.35. The average Bonchev–Trinajstić information content (AvgIpc) is 3.17. The highest BCUT2D eigenvalue weighted by Crippen LogP contribution is 2.29. The summed E-state index contributed by atoms with van der Waals surface area (Å²) in [6, 6.07) is 5.19. The average molecular weight is 318 g/mol. The molecule has 2 fully saturated rings. The van der Waals surface area contributed by atoms with Crippen LogP contribution in [0.15, 0.2) is 18.2 Å². The first-order valence-electron chi connectivity index (χ1n) is 8.39. The first kappa shape index (κ1) is 16.0. The third-order valence-corrected chi connectivity index (χ3v) is 4.99. The molecule has 0 spiro atoms. The van der Waals surface area contributed by atoms with E-state index in [-0.39, 0.29) is 17.4 Å². The third kappa shape index (κ3) is 3.38. The number of rotatable bonds is 4. The molecule has 0 radical (unpaired) electrons. The second-order valence-electron chi connectivity index (χ2n) is 6.70. The van der Waals surface area contributed by atoms with Gasteiger partial charge < -0.3 is 10.2 Å². The number of hydrogen-bond donors (Lipinski definition) is 1. The van der Waals surface area contributed by atoms with Gasteiger partial charge in [0.15, 0.2) is 0 Å². The van der Waals surface area contributed by atoms with Crippen LogP contribution in [-0.4, -0.2) is 35.8 Å². The smallest absolute Gasteiger partial charge is 0.254 e. The molecule has 23 heavy (non-hydrogen) atoms. The van der Waals surface area contributed by atoms with Gasteiger partial charge in [-0.2, -0.15) is 0 Å². The summed E-state index contributed by atoms with van der Waals surface area (Å²) in [7, 11) is 0. The first-order valence-corrected chi connectivity index (χ1v) is 8.39. The van der Waals surface area contributed by atoms with Crippen LogP contribution in [0.5, 0.6) is 0 Å². The van der Waals surface area contributed by atoms with Crippen LogP contribution in [0.2, 0.25) is 0 Å². The lowest BCUT2D eigenvalue weighted by Crippen LogP contribution is -2.36. The summed E-state index contributed by atoms with van der Waals surface area (Å²) in [4.78, 5) is 26.3. The largest absolute Gasteiger partial charge is 0.352 e. The maximum atomic E-state index is 14.0. The molecule has 1 aromatic rings. The van der Waals surface area contributed by atoms with Crippen LogP contribution in [0.1, 0.15) is 48.0 Å². The Morgan fingerprint density at radius 3 is 2.83 bits per heavy atom. The predicted octanol–water partition coefficient (Wildman–Crippen LogP) is 2.66. The molecular formula is C18H23FN2O2. The monoisotopic (exact) mass is 318 g/mol. The maximum absolute atomic E-state index is 14.0. The second kappa shape index (κ2) is 6.69. The number of aryl methyl sites for hydroxylation is 1. The molecule has 1 N–H and O–H groups in total. The summed E-state index contributed by atoms with van der Waals surface area (Å²) in [5, 5.41) is 2.78. The number of halogens is 1. The summed E-state index contributed by atoms with van der Waals surface area (Å²) in [6.07, 6.45) is 5.07. The van der Waals surface area contributed by atoms with Crippen molar-refractivity contribution in [3.8, 4) is 0 Å². The predicted molar refractivity (Wildman–Crippen MR) is 85.5 cm³/mol. The van der Waals surface area contributed by atoms with Crippen molar-refractivity contribution in [3.05, 3.63) is 35.1 Å². The van der Waals surface area contributed by atoms with Crippen LogP contribution in [0.4, 0.5) is 4.39 Å². The van der Waals surface area contributed by atoms with Crippen LogP contribution < -0.4 is 5.32 Å². The van der Waals surface area contributed by atoms with Crippen molar-refractivity contribution in [2.75, 3.05) is 13.1 Å². The number of amides is 2. The molecular weight excluding hydrogens is 295 g/mol. The lowest BCUT2D eigenvalue weighted by molar-refractivity contribution is -0.129. The quantitative estimate of drug-likeness (QED) is 0.928. The normalized spacial score (nSPS) is 21.9. The van der Waals surface area contributed by atoms with Crippen molar-refractivity contribution in [3.63, 3.8) is 0 Å². The summed E-state index contributed by atoms with van der Waals surface area (Å²) >= 11 is 0. The summed E-state index contributed by atoms with van der Waals surface area (Å²) in [5.41, 5.74) is 0.531. The van der Waals surface area contributed by atoms with E-state index in [0.717, 1.165) is 12.8 Å². The third-order valence-electron chi connectivity index (χ3n) is 4.99. The molecule has 4 nitrogen and oxygen atoms in total. The molecule has 124 valence electrons. The molecule has 1 aliphatic carbocycles. The van der Waals surface area contributed by atoms with Crippen molar-refractivity contribution < 1.29 is 14.0 Å². The minimum absolute atomic E-state index is 0.0713. The minimum Gasteiger partial charge on any atom is -0.352 e. The molecule has 1 saturated carbocycles. The Bertz CT molecular complexity index is 611. The van der Waals surface area contributed by atoms with Gasteiger partial charge in [0.2, 0.25) is 5.91 Å². The fourth-order valence-corrected chi connectivity index (χ4v) is 3.67. The van der Waals surface area contributed by atoms with Crippen molar-refractivity contribution in [2.45, 2.75) is 45.1 Å². The zero-order chi connectivity index (χ0) is 16.4. The molecule has 0 aromatic heterocycles. The van der Waals surface area contributed by atoms with Crippen LogP contribution >= 0.6 is 0 Å². The number of carbonyl (C=O) groups excluding carboxylic acids is 2. The molecule has 1 saturated heterocycles. The Hall–Kier alpha value is -1.91. The first-order chi connectivity index (χ1) is 11.1. The lowest BCUT2D eigenvalue weighted by atomic mass is 10.1. The van der Waals surface area contributed by atoms with Gasteiger partial charge in [0.25, 0.3) is 5.91 Å². The van der Waals surface area contributed by atoms with E-state index in [1.54, 1.807) is 19.1 Å². The molecule has 1 atom stereocenters. The number of carbonyl (C=O) groups is 2. The number of nitrogens with zero attached hydrogens (tertiary/aromatic N) is 1. The molecule has 2 aliphatic rings. The summed E-state index contributed by atoms with van der Waals surface area (Å²) in [5.74, 6) is -0.559. The van der Waals surface area contributed by atoms with Crippen molar-refractivity contribution in [2.24, 2.45) is 5.92 Å². The number of hydrogen-bond acceptors (Lipinski definition) is 2. The van der Waals surface area contributed by atoms with E-state index >= 15 is 0 Å². The van der Waals surface area contributed by atoms with Gasteiger partial charge in [-0.1, -0.05) is 25.0 Å². The standard InChI is InChI=1S/C18H23FN2O2/c1-12-5-4-8-15(17(12)19)18(23)20-10-13-9-16(22)21(11-13)14-6-2-3-7-14/h4-5,8,13-14H,2-3,6-7,9-11H2,1H3,(H,20,23). The SMILES string of the molecule is Cc1cccc(C(=O)NCC2CC(=O)N(C3CCCC3)C2)c1F. The molecule has 5 heteroatoms. The minimum atomic E-state index is -0.472. The van der Waals surface area contributed by atoms with Gasteiger partial charge in [0, 0.05) is 31.5 Å². The fraction of sp³-hybridized carbons (Fsp3) is 0.556. The molecule has 1 aliphatic heterocycles. The van der Waals surface area contributed by atoms with Crippen LogP contribution in [0.25, 0.3) is 0 Å².